The molecule has 2 N–H and O–H groups in total. The summed E-state index contributed by atoms with van der Waals surface area (Å²) in [4.78, 5) is 25.9. The van der Waals surface area contributed by atoms with E-state index in [9.17, 15) is 18.0 Å². The maximum absolute atomic E-state index is 12.4. The van der Waals surface area contributed by atoms with Crippen molar-refractivity contribution >= 4 is 39.0 Å². The number of halogens is 1. The van der Waals surface area contributed by atoms with E-state index >= 15 is 0 Å². The van der Waals surface area contributed by atoms with Gasteiger partial charge in [-0.25, -0.2) is 13.2 Å². The van der Waals surface area contributed by atoms with Crippen molar-refractivity contribution in [2.45, 2.75) is 25.8 Å². The number of nitrogens with zero attached hydrogens (tertiary/aromatic N) is 1. The van der Waals surface area contributed by atoms with E-state index in [-0.39, 0.29) is 28.8 Å². The third-order valence-electron chi connectivity index (χ3n) is 3.99. The molecule has 1 heterocycles. The number of anilines is 1. The van der Waals surface area contributed by atoms with Crippen LogP contribution in [0.5, 0.6) is 0 Å². The first-order valence-corrected chi connectivity index (χ1v) is 10.2. The zero-order chi connectivity index (χ0) is 18.6. The molecule has 7 nitrogen and oxygen atoms in total. The smallest absolute Gasteiger partial charge is 0.338 e. The highest BCUT2D eigenvalue weighted by atomic mass is 35.5. The molecule has 1 aliphatic rings. The van der Waals surface area contributed by atoms with Crippen molar-refractivity contribution in [3.05, 3.63) is 28.8 Å². The van der Waals surface area contributed by atoms with Crippen LogP contribution >= 0.6 is 11.6 Å². The molecule has 1 unspecified atom stereocenters. The number of carbonyl (C=O) groups excluding carboxylic acids is 2. The van der Waals surface area contributed by atoms with E-state index in [1.165, 1.54) is 23.1 Å². The quantitative estimate of drug-likeness (QED) is 0.584. The molecule has 1 atom stereocenters. The maximum atomic E-state index is 12.4. The molecular formula is C16H21ClN2O5S. The lowest BCUT2D eigenvalue weighted by molar-refractivity contribution is -0.136. The Kier molecular flexibility index (Phi) is 6.29. The van der Waals surface area contributed by atoms with Crippen molar-refractivity contribution in [3.63, 3.8) is 0 Å². The molecule has 1 aromatic rings. The van der Waals surface area contributed by atoms with Gasteiger partial charge in [-0.15, -0.1) is 0 Å². The molecule has 2 rings (SSSR count). The van der Waals surface area contributed by atoms with Crippen LogP contribution in [0.25, 0.3) is 0 Å². The minimum atomic E-state index is -3.10. The average Bonchev–Trinajstić information content (AvgIpc) is 2.92. The van der Waals surface area contributed by atoms with E-state index < -0.39 is 28.3 Å². The lowest BCUT2D eigenvalue weighted by atomic mass is 10.2. The van der Waals surface area contributed by atoms with Gasteiger partial charge in [0.25, 0.3) is 5.91 Å². The van der Waals surface area contributed by atoms with Gasteiger partial charge < -0.3 is 15.4 Å². The summed E-state index contributed by atoms with van der Waals surface area (Å²) in [5.41, 5.74) is 6.08. The van der Waals surface area contributed by atoms with Crippen molar-refractivity contribution in [3.8, 4) is 0 Å². The van der Waals surface area contributed by atoms with Crippen LogP contribution in [0.2, 0.25) is 5.02 Å². The second-order valence-electron chi connectivity index (χ2n) is 5.96. The van der Waals surface area contributed by atoms with Crippen LogP contribution in [0, 0.1) is 0 Å². The Labute approximate surface area is 152 Å². The third-order valence-corrected chi connectivity index (χ3v) is 6.09. The topological polar surface area (TPSA) is 107 Å². The van der Waals surface area contributed by atoms with E-state index in [2.05, 4.69) is 0 Å². The molecule has 0 spiro atoms. The van der Waals surface area contributed by atoms with Gasteiger partial charge in [-0.05, 0) is 31.0 Å². The number of nitrogen functional groups attached to an aromatic ring is 1. The molecule has 0 radical (unpaired) electrons. The molecule has 0 saturated carbocycles. The lowest BCUT2D eigenvalue weighted by Gasteiger charge is -2.27. The molecule has 1 aliphatic heterocycles. The summed E-state index contributed by atoms with van der Waals surface area (Å²) < 4.78 is 28.3. The first-order chi connectivity index (χ1) is 11.7. The lowest BCUT2D eigenvalue weighted by Crippen LogP contribution is -2.43. The van der Waals surface area contributed by atoms with Gasteiger partial charge >= 0.3 is 5.97 Å². The molecule has 25 heavy (non-hydrogen) atoms. The van der Waals surface area contributed by atoms with E-state index in [1.54, 1.807) is 0 Å². The minimum absolute atomic E-state index is 0.0413. The Hall–Kier alpha value is -1.80. The van der Waals surface area contributed by atoms with E-state index in [4.69, 9.17) is 22.1 Å². The van der Waals surface area contributed by atoms with E-state index in [1.807, 2.05) is 6.92 Å². The summed E-state index contributed by atoms with van der Waals surface area (Å²) in [5, 5.41) is 0.323. The minimum Gasteiger partial charge on any atom is -0.452 e. The summed E-state index contributed by atoms with van der Waals surface area (Å²) in [5.74, 6) is -1.05. The second-order valence-corrected chi connectivity index (χ2v) is 8.59. The average molecular weight is 389 g/mol. The predicted molar refractivity (Wildman–Crippen MR) is 95.2 cm³/mol. The number of hydrogen-bond donors (Lipinski definition) is 1. The van der Waals surface area contributed by atoms with Crippen LogP contribution in [0.4, 0.5) is 5.69 Å². The second kappa shape index (κ2) is 8.05. The number of sulfone groups is 1. The number of rotatable bonds is 6. The Morgan fingerprint density at radius 2 is 2.12 bits per heavy atom. The molecule has 1 aromatic carbocycles. The van der Waals surface area contributed by atoms with Crippen LogP contribution in [0.1, 0.15) is 30.1 Å². The SMILES string of the molecule is CCCN(C(=O)COC(=O)c1ccc(Cl)c(N)c1)C1CCS(=O)(=O)C1. The van der Waals surface area contributed by atoms with Gasteiger partial charge in [0, 0.05) is 12.6 Å². The fourth-order valence-corrected chi connectivity index (χ4v) is 4.59. The monoisotopic (exact) mass is 388 g/mol. The number of hydrogen-bond acceptors (Lipinski definition) is 6. The molecular weight excluding hydrogens is 368 g/mol. The normalized spacial score (nSPS) is 18.7. The standard InChI is InChI=1S/C16H21ClN2O5S/c1-2-6-19(12-5-7-25(22,23)10-12)15(20)9-24-16(21)11-3-4-13(17)14(18)8-11/h3-4,8,12H,2,5-7,9-10,18H2,1H3. The largest absolute Gasteiger partial charge is 0.452 e. The van der Waals surface area contributed by atoms with Crippen LogP contribution in [-0.4, -0.2) is 55.9 Å². The molecule has 138 valence electrons. The van der Waals surface area contributed by atoms with E-state index in [0.717, 1.165) is 0 Å². The van der Waals surface area contributed by atoms with Gasteiger partial charge in [0.15, 0.2) is 16.4 Å². The zero-order valence-electron chi connectivity index (χ0n) is 13.9. The number of ether oxygens (including phenoxy) is 1. The number of benzene rings is 1. The molecule has 0 aromatic heterocycles. The molecule has 1 fully saturated rings. The summed E-state index contributed by atoms with van der Waals surface area (Å²) in [6.45, 7) is 1.87. The summed E-state index contributed by atoms with van der Waals surface area (Å²) in [6, 6.07) is 3.95. The third kappa shape index (κ3) is 5.09. The summed E-state index contributed by atoms with van der Waals surface area (Å²) in [7, 11) is -3.10. The highest BCUT2D eigenvalue weighted by molar-refractivity contribution is 7.91. The summed E-state index contributed by atoms with van der Waals surface area (Å²) in [6.07, 6.45) is 1.10. The van der Waals surface area contributed by atoms with Crippen LogP contribution in [-0.2, 0) is 19.4 Å². The van der Waals surface area contributed by atoms with Gasteiger partial charge in [0.2, 0.25) is 0 Å². The Bertz CT molecular complexity index is 766. The van der Waals surface area contributed by atoms with Crippen LogP contribution in [0.3, 0.4) is 0 Å². The van der Waals surface area contributed by atoms with Crippen molar-refractivity contribution in [2.24, 2.45) is 0 Å². The predicted octanol–water partition coefficient (Wildman–Crippen LogP) is 1.50. The van der Waals surface area contributed by atoms with E-state index in [0.29, 0.717) is 24.4 Å². The maximum Gasteiger partial charge on any atom is 0.338 e. The van der Waals surface area contributed by atoms with Gasteiger partial charge in [-0.2, -0.15) is 0 Å². The van der Waals surface area contributed by atoms with Crippen LogP contribution in [0.15, 0.2) is 18.2 Å². The molecule has 1 saturated heterocycles. The number of amides is 1. The number of carbonyl (C=O) groups is 2. The fraction of sp³-hybridized carbons (Fsp3) is 0.500. The number of nitrogens with two attached hydrogens (primary N) is 1. The van der Waals surface area contributed by atoms with Crippen molar-refractivity contribution in [2.75, 3.05) is 30.4 Å². The first-order valence-electron chi connectivity index (χ1n) is 7.95. The molecule has 0 bridgehead atoms. The molecule has 0 aliphatic carbocycles. The molecule has 1 amide bonds. The Morgan fingerprint density at radius 3 is 2.68 bits per heavy atom. The Balaban J connectivity index is 1.98. The highest BCUT2D eigenvalue weighted by Gasteiger charge is 2.34. The van der Waals surface area contributed by atoms with Gasteiger partial charge in [-0.3, -0.25) is 4.79 Å². The molecule has 9 heteroatoms. The number of esters is 1. The zero-order valence-corrected chi connectivity index (χ0v) is 15.5. The van der Waals surface area contributed by atoms with Gasteiger partial charge in [-0.1, -0.05) is 18.5 Å². The fourth-order valence-electron chi connectivity index (χ4n) is 2.74. The highest BCUT2D eigenvalue weighted by Crippen LogP contribution is 2.21. The van der Waals surface area contributed by atoms with Gasteiger partial charge in [0.05, 0.1) is 27.8 Å². The van der Waals surface area contributed by atoms with Gasteiger partial charge in [0.1, 0.15) is 0 Å². The Morgan fingerprint density at radius 1 is 1.40 bits per heavy atom. The van der Waals surface area contributed by atoms with Crippen molar-refractivity contribution in [1.82, 2.24) is 4.90 Å². The summed E-state index contributed by atoms with van der Waals surface area (Å²) >= 11 is 5.80. The van der Waals surface area contributed by atoms with Crippen LogP contribution < -0.4 is 5.73 Å². The van der Waals surface area contributed by atoms with Crippen molar-refractivity contribution < 1.29 is 22.7 Å². The first kappa shape index (κ1) is 19.5. The van der Waals surface area contributed by atoms with Crippen molar-refractivity contribution in [1.29, 1.82) is 0 Å².